The van der Waals surface area contributed by atoms with Crippen LogP contribution in [0.4, 0.5) is 17.1 Å². The molecule has 0 spiro atoms. The Bertz CT molecular complexity index is 2230. The summed E-state index contributed by atoms with van der Waals surface area (Å²) in [6.07, 6.45) is 0. The first-order valence-corrected chi connectivity index (χ1v) is 14.8. The summed E-state index contributed by atoms with van der Waals surface area (Å²) in [5.74, 6) is 0. The second-order valence-corrected chi connectivity index (χ2v) is 11.1. The van der Waals surface area contributed by atoms with Gasteiger partial charge in [0.25, 0.3) is 0 Å². The molecule has 0 aliphatic heterocycles. The summed E-state index contributed by atoms with van der Waals surface area (Å²) < 4.78 is 2.36. The molecule has 1 heterocycles. The van der Waals surface area contributed by atoms with Crippen LogP contribution in [0, 0.1) is 0 Å². The summed E-state index contributed by atoms with van der Waals surface area (Å²) in [6.45, 7) is 0. The predicted molar refractivity (Wildman–Crippen MR) is 183 cm³/mol. The van der Waals surface area contributed by atoms with E-state index < -0.39 is 0 Å². The van der Waals surface area contributed by atoms with Gasteiger partial charge in [-0.3, -0.25) is 0 Å². The average Bonchev–Trinajstić information content (AvgIpc) is 3.43. The maximum atomic E-state index is 2.36. The molecule has 2 heteroatoms. The van der Waals surface area contributed by atoms with E-state index in [4.69, 9.17) is 0 Å². The normalized spacial score (nSPS) is 11.4. The highest BCUT2D eigenvalue weighted by atomic mass is 15.1. The SMILES string of the molecule is Cn1c(-c2ccc(N(c3ccccc3)c3ccc4ccccc4c3)cc2)cc2c(-c3ccccc3)cc3ccccc3c21. The number of anilines is 3. The van der Waals surface area contributed by atoms with Crippen molar-refractivity contribution < 1.29 is 0 Å². The summed E-state index contributed by atoms with van der Waals surface area (Å²) in [4.78, 5) is 2.33. The number of rotatable bonds is 5. The Hall–Kier alpha value is -5.60. The Labute approximate surface area is 251 Å². The summed E-state index contributed by atoms with van der Waals surface area (Å²) in [5.41, 5.74) is 9.55. The monoisotopic (exact) mass is 550 g/mol. The average molecular weight is 551 g/mol. The van der Waals surface area contributed by atoms with Crippen molar-refractivity contribution in [1.29, 1.82) is 0 Å². The van der Waals surface area contributed by atoms with Gasteiger partial charge in [0.05, 0.1) is 5.52 Å². The molecule has 0 saturated carbocycles. The lowest BCUT2D eigenvalue weighted by molar-refractivity contribution is 0.982. The first-order chi connectivity index (χ1) is 21.2. The van der Waals surface area contributed by atoms with Crippen molar-refractivity contribution in [3.05, 3.63) is 164 Å². The molecule has 8 aromatic rings. The maximum Gasteiger partial charge on any atom is 0.0568 e. The highest BCUT2D eigenvalue weighted by Crippen LogP contribution is 2.41. The minimum Gasteiger partial charge on any atom is -0.343 e. The second-order valence-electron chi connectivity index (χ2n) is 11.1. The molecule has 0 saturated heterocycles. The van der Waals surface area contributed by atoms with Crippen LogP contribution in [0.1, 0.15) is 0 Å². The number of aryl methyl sites for hydroxylation is 1. The fraction of sp³-hybridized carbons (Fsp3) is 0.0244. The van der Waals surface area contributed by atoms with Crippen LogP contribution in [0.25, 0.3) is 54.8 Å². The van der Waals surface area contributed by atoms with Crippen LogP contribution >= 0.6 is 0 Å². The lowest BCUT2D eigenvalue weighted by Crippen LogP contribution is -2.09. The van der Waals surface area contributed by atoms with Gasteiger partial charge in [0.2, 0.25) is 0 Å². The molecule has 0 N–H and O–H groups in total. The van der Waals surface area contributed by atoms with E-state index in [1.54, 1.807) is 0 Å². The predicted octanol–water partition coefficient (Wildman–Crippen LogP) is 11.3. The molecule has 1 aromatic heterocycles. The van der Waals surface area contributed by atoms with Gasteiger partial charge in [0, 0.05) is 40.6 Å². The van der Waals surface area contributed by atoms with Crippen LogP contribution in [0.2, 0.25) is 0 Å². The topological polar surface area (TPSA) is 8.17 Å². The van der Waals surface area contributed by atoms with E-state index in [1.165, 1.54) is 54.8 Å². The molecule has 0 aliphatic carbocycles. The van der Waals surface area contributed by atoms with E-state index in [0.717, 1.165) is 17.1 Å². The van der Waals surface area contributed by atoms with Crippen molar-refractivity contribution in [2.75, 3.05) is 4.90 Å². The highest BCUT2D eigenvalue weighted by Gasteiger charge is 2.17. The third kappa shape index (κ3) is 4.36. The first kappa shape index (κ1) is 25.1. The Morgan fingerprint density at radius 3 is 1.79 bits per heavy atom. The third-order valence-corrected chi connectivity index (χ3v) is 8.55. The number of hydrogen-bond donors (Lipinski definition) is 0. The lowest BCUT2D eigenvalue weighted by atomic mass is 9.97. The summed E-state index contributed by atoms with van der Waals surface area (Å²) in [5, 5.41) is 6.27. The van der Waals surface area contributed by atoms with Gasteiger partial charge < -0.3 is 9.47 Å². The van der Waals surface area contributed by atoms with Gasteiger partial charge in [-0.05, 0) is 81.4 Å². The maximum absolute atomic E-state index is 2.36. The van der Waals surface area contributed by atoms with E-state index in [0.29, 0.717) is 0 Å². The number of fused-ring (bicyclic) bond motifs is 4. The molecule has 0 bridgehead atoms. The number of aromatic nitrogens is 1. The van der Waals surface area contributed by atoms with Gasteiger partial charge in [-0.25, -0.2) is 0 Å². The van der Waals surface area contributed by atoms with Gasteiger partial charge in [-0.15, -0.1) is 0 Å². The van der Waals surface area contributed by atoms with E-state index in [2.05, 4.69) is 180 Å². The van der Waals surface area contributed by atoms with Crippen LogP contribution in [-0.4, -0.2) is 4.57 Å². The highest BCUT2D eigenvalue weighted by molar-refractivity contribution is 6.14. The molecule has 0 aliphatic rings. The molecule has 8 rings (SSSR count). The van der Waals surface area contributed by atoms with Crippen LogP contribution in [0.3, 0.4) is 0 Å². The Morgan fingerprint density at radius 1 is 0.419 bits per heavy atom. The minimum absolute atomic E-state index is 1.12. The Balaban J connectivity index is 1.27. The molecule has 0 fully saturated rings. The van der Waals surface area contributed by atoms with Crippen molar-refractivity contribution in [2.24, 2.45) is 7.05 Å². The molecule has 0 radical (unpaired) electrons. The number of para-hydroxylation sites is 1. The zero-order chi connectivity index (χ0) is 28.8. The molecule has 204 valence electrons. The fourth-order valence-corrected chi connectivity index (χ4v) is 6.46. The van der Waals surface area contributed by atoms with Crippen LogP contribution < -0.4 is 4.90 Å². The third-order valence-electron chi connectivity index (χ3n) is 8.55. The smallest absolute Gasteiger partial charge is 0.0568 e. The lowest BCUT2D eigenvalue weighted by Gasteiger charge is -2.26. The molecule has 7 aromatic carbocycles. The molecule has 0 amide bonds. The second kappa shape index (κ2) is 10.3. The Kier molecular flexibility index (Phi) is 6.05. The van der Waals surface area contributed by atoms with Crippen LogP contribution in [-0.2, 0) is 7.05 Å². The van der Waals surface area contributed by atoms with Crippen molar-refractivity contribution in [2.45, 2.75) is 0 Å². The van der Waals surface area contributed by atoms with Crippen molar-refractivity contribution in [3.8, 4) is 22.4 Å². The van der Waals surface area contributed by atoms with E-state index >= 15 is 0 Å². The van der Waals surface area contributed by atoms with Crippen molar-refractivity contribution in [3.63, 3.8) is 0 Å². The standard InChI is InChI=1S/C41H30N2/c1-42-40(28-39-38(30-13-4-2-5-14-30)27-33-16-10-11-19-37(33)41(39)42)31-21-23-35(24-22-31)43(34-17-6-3-7-18-34)36-25-20-29-12-8-9-15-32(29)26-36/h2-28H,1H3. The van der Waals surface area contributed by atoms with Crippen molar-refractivity contribution >= 4 is 49.5 Å². The quantitative estimate of drug-likeness (QED) is 0.207. The zero-order valence-electron chi connectivity index (χ0n) is 24.0. The van der Waals surface area contributed by atoms with Gasteiger partial charge in [-0.1, -0.05) is 115 Å². The van der Waals surface area contributed by atoms with E-state index in [-0.39, 0.29) is 0 Å². The number of benzene rings is 7. The number of hydrogen-bond acceptors (Lipinski definition) is 1. The molecule has 2 nitrogen and oxygen atoms in total. The fourth-order valence-electron chi connectivity index (χ4n) is 6.46. The van der Waals surface area contributed by atoms with Gasteiger partial charge in [0.1, 0.15) is 0 Å². The molecule has 0 unspecified atom stereocenters. The van der Waals surface area contributed by atoms with Gasteiger partial charge >= 0.3 is 0 Å². The molecule has 43 heavy (non-hydrogen) atoms. The molecule has 0 atom stereocenters. The zero-order valence-corrected chi connectivity index (χ0v) is 24.0. The number of nitrogens with zero attached hydrogens (tertiary/aromatic N) is 2. The molecular formula is C41H30N2. The van der Waals surface area contributed by atoms with E-state index in [1.807, 2.05) is 0 Å². The van der Waals surface area contributed by atoms with Gasteiger partial charge in [-0.2, -0.15) is 0 Å². The van der Waals surface area contributed by atoms with Gasteiger partial charge in [0.15, 0.2) is 0 Å². The van der Waals surface area contributed by atoms with E-state index in [9.17, 15) is 0 Å². The summed E-state index contributed by atoms with van der Waals surface area (Å²) >= 11 is 0. The molecular weight excluding hydrogens is 520 g/mol. The van der Waals surface area contributed by atoms with Crippen molar-refractivity contribution in [1.82, 2.24) is 4.57 Å². The van der Waals surface area contributed by atoms with Crippen LogP contribution in [0.5, 0.6) is 0 Å². The Morgan fingerprint density at radius 2 is 1.02 bits per heavy atom. The van der Waals surface area contributed by atoms with Crippen LogP contribution in [0.15, 0.2) is 164 Å². The summed E-state index contributed by atoms with van der Waals surface area (Å²) in [7, 11) is 2.19. The first-order valence-electron chi connectivity index (χ1n) is 14.8. The largest absolute Gasteiger partial charge is 0.343 e. The summed E-state index contributed by atoms with van der Waals surface area (Å²) in [6, 6.07) is 59.0. The minimum atomic E-state index is 1.12.